The second-order valence-electron chi connectivity index (χ2n) is 5.16. The van der Waals surface area contributed by atoms with Crippen LogP contribution in [-0.4, -0.2) is 14.9 Å². The van der Waals surface area contributed by atoms with Gasteiger partial charge in [-0.2, -0.15) is 5.10 Å². The van der Waals surface area contributed by atoms with Gasteiger partial charge in [-0.25, -0.2) is 9.07 Å². The van der Waals surface area contributed by atoms with E-state index in [-0.39, 0.29) is 22.9 Å². The number of hydrogen-bond donors (Lipinski definition) is 0. The summed E-state index contributed by atoms with van der Waals surface area (Å²) in [5.74, 6) is 0.128. The molecule has 0 bridgehead atoms. The lowest BCUT2D eigenvalue weighted by Gasteiger charge is -2.11. The molecule has 6 heteroatoms. The Balaban J connectivity index is 2.43. The average molecular weight is 287 g/mol. The van der Waals surface area contributed by atoms with Gasteiger partial charge in [-0.05, 0) is 32.9 Å². The molecule has 21 heavy (non-hydrogen) atoms. The molecule has 0 radical (unpaired) electrons. The molecule has 0 aliphatic rings. The number of benzene rings is 1. The summed E-state index contributed by atoms with van der Waals surface area (Å²) in [6, 6.07) is 5.95. The fraction of sp³-hybridized carbons (Fsp3) is 0.267. The molecule has 5 nitrogen and oxygen atoms in total. The minimum absolute atomic E-state index is 0.133. The van der Waals surface area contributed by atoms with Crippen LogP contribution in [0.15, 0.2) is 33.6 Å². The number of halogens is 1. The highest BCUT2D eigenvalue weighted by Crippen LogP contribution is 2.27. The molecule has 0 amide bonds. The second kappa shape index (κ2) is 4.80. The van der Waals surface area contributed by atoms with Gasteiger partial charge in [-0.1, -0.05) is 17.3 Å². The van der Waals surface area contributed by atoms with Crippen LogP contribution in [0.1, 0.15) is 25.6 Å². The number of nitrogens with zero attached hydrogens (tertiary/aromatic N) is 3. The molecule has 0 saturated carbocycles. The van der Waals surface area contributed by atoms with E-state index in [0.29, 0.717) is 22.4 Å². The predicted molar refractivity (Wildman–Crippen MR) is 76.6 cm³/mol. The Labute approximate surface area is 120 Å². The number of hydrogen-bond acceptors (Lipinski definition) is 4. The first kappa shape index (κ1) is 13.5. The van der Waals surface area contributed by atoms with Crippen molar-refractivity contribution >= 4 is 10.9 Å². The summed E-state index contributed by atoms with van der Waals surface area (Å²) in [7, 11) is 0. The van der Waals surface area contributed by atoms with E-state index in [9.17, 15) is 9.18 Å². The molecule has 0 aliphatic carbocycles. The molecule has 0 spiro atoms. The van der Waals surface area contributed by atoms with Gasteiger partial charge in [0.25, 0.3) is 5.56 Å². The van der Waals surface area contributed by atoms with Gasteiger partial charge in [0.2, 0.25) is 0 Å². The van der Waals surface area contributed by atoms with E-state index in [0.717, 1.165) is 0 Å². The molecule has 0 unspecified atom stereocenters. The Kier molecular flexibility index (Phi) is 3.08. The van der Waals surface area contributed by atoms with Crippen LogP contribution in [0.5, 0.6) is 0 Å². The largest absolute Gasteiger partial charge is 0.360 e. The molecule has 2 aromatic heterocycles. The van der Waals surface area contributed by atoms with Crippen LogP contribution in [0.2, 0.25) is 0 Å². The molecule has 0 aliphatic heterocycles. The predicted octanol–water partition coefficient (Wildman–Crippen LogP) is 3.08. The topological polar surface area (TPSA) is 60.9 Å². The quantitative estimate of drug-likeness (QED) is 0.726. The highest BCUT2D eigenvalue weighted by Gasteiger charge is 2.19. The van der Waals surface area contributed by atoms with Crippen molar-refractivity contribution in [2.45, 2.75) is 26.8 Å². The summed E-state index contributed by atoms with van der Waals surface area (Å²) in [5, 5.41) is 8.74. The minimum Gasteiger partial charge on any atom is -0.360 e. The molecule has 0 saturated heterocycles. The third kappa shape index (κ3) is 2.12. The van der Waals surface area contributed by atoms with Crippen molar-refractivity contribution in [2.75, 3.05) is 0 Å². The Morgan fingerprint density at radius 2 is 2.10 bits per heavy atom. The normalized spacial score (nSPS) is 11.5. The van der Waals surface area contributed by atoms with Crippen molar-refractivity contribution in [3.05, 3.63) is 46.2 Å². The van der Waals surface area contributed by atoms with Crippen LogP contribution >= 0.6 is 0 Å². The van der Waals surface area contributed by atoms with Crippen LogP contribution in [0.25, 0.3) is 22.2 Å². The first-order valence-electron chi connectivity index (χ1n) is 6.63. The van der Waals surface area contributed by atoms with E-state index >= 15 is 0 Å². The zero-order valence-corrected chi connectivity index (χ0v) is 11.9. The molecule has 3 rings (SSSR count). The van der Waals surface area contributed by atoms with E-state index in [1.165, 1.54) is 16.8 Å². The van der Waals surface area contributed by atoms with Gasteiger partial charge in [0.05, 0.1) is 11.4 Å². The summed E-state index contributed by atoms with van der Waals surface area (Å²) in [4.78, 5) is 12.3. The van der Waals surface area contributed by atoms with Crippen molar-refractivity contribution < 1.29 is 8.91 Å². The minimum atomic E-state index is -0.362. The SMILES string of the molecule is Cc1onc2c(=O)n(C(C)C)nc(-c3cccc(F)c3)c12. The molecule has 0 fully saturated rings. The summed E-state index contributed by atoms with van der Waals surface area (Å²) >= 11 is 0. The van der Waals surface area contributed by atoms with Crippen molar-refractivity contribution in [3.63, 3.8) is 0 Å². The van der Waals surface area contributed by atoms with Crippen LogP contribution in [0.4, 0.5) is 4.39 Å². The van der Waals surface area contributed by atoms with Gasteiger partial charge in [-0.3, -0.25) is 4.79 Å². The Morgan fingerprint density at radius 3 is 2.76 bits per heavy atom. The number of aromatic nitrogens is 3. The molecular formula is C15H14FN3O2. The monoisotopic (exact) mass is 287 g/mol. The zero-order valence-electron chi connectivity index (χ0n) is 11.9. The first-order chi connectivity index (χ1) is 9.99. The lowest BCUT2D eigenvalue weighted by Crippen LogP contribution is -2.25. The van der Waals surface area contributed by atoms with Crippen molar-refractivity contribution in [2.24, 2.45) is 0 Å². The Bertz CT molecular complexity index is 880. The fourth-order valence-electron chi connectivity index (χ4n) is 2.30. The molecule has 3 aromatic rings. The Hall–Kier alpha value is -2.50. The highest BCUT2D eigenvalue weighted by atomic mass is 19.1. The van der Waals surface area contributed by atoms with E-state index in [1.54, 1.807) is 19.1 Å². The molecule has 0 N–H and O–H groups in total. The van der Waals surface area contributed by atoms with E-state index in [2.05, 4.69) is 10.3 Å². The summed E-state index contributed by atoms with van der Waals surface area (Å²) < 4.78 is 19.9. The number of fused-ring (bicyclic) bond motifs is 1. The summed E-state index contributed by atoms with van der Waals surface area (Å²) in [5.41, 5.74) is 0.990. The van der Waals surface area contributed by atoms with Gasteiger partial charge in [-0.15, -0.1) is 0 Å². The lowest BCUT2D eigenvalue weighted by molar-refractivity contribution is 0.404. The average Bonchev–Trinajstić information content (AvgIpc) is 2.82. The van der Waals surface area contributed by atoms with Gasteiger partial charge in [0, 0.05) is 5.56 Å². The number of aryl methyl sites for hydroxylation is 1. The third-order valence-electron chi connectivity index (χ3n) is 3.31. The van der Waals surface area contributed by atoms with E-state index < -0.39 is 0 Å². The van der Waals surface area contributed by atoms with E-state index in [1.807, 2.05) is 13.8 Å². The van der Waals surface area contributed by atoms with Crippen molar-refractivity contribution in [1.82, 2.24) is 14.9 Å². The Morgan fingerprint density at radius 1 is 1.33 bits per heavy atom. The van der Waals surface area contributed by atoms with Gasteiger partial charge < -0.3 is 4.52 Å². The van der Waals surface area contributed by atoms with Crippen LogP contribution in [-0.2, 0) is 0 Å². The standard InChI is InChI=1S/C15H14FN3O2/c1-8(2)19-15(20)14-12(9(3)21-18-14)13(17-19)10-5-4-6-11(16)7-10/h4-8H,1-3H3. The number of rotatable bonds is 2. The maximum Gasteiger partial charge on any atom is 0.297 e. The van der Waals surface area contributed by atoms with Crippen molar-refractivity contribution in [3.8, 4) is 11.3 Å². The fourth-order valence-corrected chi connectivity index (χ4v) is 2.30. The van der Waals surface area contributed by atoms with Gasteiger partial charge in [0.1, 0.15) is 17.3 Å². The molecular weight excluding hydrogens is 273 g/mol. The second-order valence-corrected chi connectivity index (χ2v) is 5.16. The lowest BCUT2D eigenvalue weighted by atomic mass is 10.1. The van der Waals surface area contributed by atoms with Crippen molar-refractivity contribution in [1.29, 1.82) is 0 Å². The maximum atomic E-state index is 13.5. The van der Waals surface area contributed by atoms with Gasteiger partial charge in [0.15, 0.2) is 5.52 Å². The first-order valence-corrected chi connectivity index (χ1v) is 6.63. The van der Waals surface area contributed by atoms with E-state index in [4.69, 9.17) is 4.52 Å². The van der Waals surface area contributed by atoms with Crippen LogP contribution in [0, 0.1) is 12.7 Å². The van der Waals surface area contributed by atoms with Crippen LogP contribution < -0.4 is 5.56 Å². The molecule has 108 valence electrons. The molecule has 0 atom stereocenters. The van der Waals surface area contributed by atoms with Gasteiger partial charge >= 0.3 is 0 Å². The summed E-state index contributed by atoms with van der Waals surface area (Å²) in [6.07, 6.45) is 0. The smallest absolute Gasteiger partial charge is 0.297 e. The summed E-state index contributed by atoms with van der Waals surface area (Å²) in [6.45, 7) is 5.41. The maximum absolute atomic E-state index is 13.5. The molecule has 2 heterocycles. The molecule has 1 aromatic carbocycles. The highest BCUT2D eigenvalue weighted by molar-refractivity contribution is 5.92. The zero-order chi connectivity index (χ0) is 15.1. The van der Waals surface area contributed by atoms with Crippen LogP contribution in [0.3, 0.4) is 0 Å². The third-order valence-corrected chi connectivity index (χ3v) is 3.31.